The minimum Gasteiger partial charge on any atom is -0.415 e. The van der Waals surface area contributed by atoms with Crippen LogP contribution in [-0.2, 0) is 17.7 Å². The molecular formula is C44H84O4Si5. The molecule has 2 aromatic carbocycles. The molecule has 2 aromatic rings. The first-order valence-corrected chi connectivity index (χ1v) is 35.5. The van der Waals surface area contributed by atoms with Crippen molar-refractivity contribution >= 4 is 51.7 Å². The summed E-state index contributed by atoms with van der Waals surface area (Å²) in [4.78, 5) is 0. The molecule has 0 N–H and O–H groups in total. The SMILES string of the molecule is CCC(O[Si](c1ccccc1)(c1ccccc1)C(C)(CC)C(C)(CC)O[Si](C)(C)C(C)(CC)O[Si](C)(C)C)C(C)(CC)[Si](C)(C)OC(C)(C)[Si](C)(C)C. The van der Waals surface area contributed by atoms with E-state index in [1.54, 1.807) is 0 Å². The summed E-state index contributed by atoms with van der Waals surface area (Å²) in [6, 6.07) is 22.6. The average molecular weight is 818 g/mol. The molecule has 304 valence electrons. The second kappa shape index (κ2) is 17.1. The summed E-state index contributed by atoms with van der Waals surface area (Å²) in [7, 11) is -11.7. The molecule has 0 bridgehead atoms. The number of benzene rings is 2. The molecular weight excluding hydrogens is 733 g/mol. The van der Waals surface area contributed by atoms with Crippen molar-refractivity contribution in [1.29, 1.82) is 0 Å². The summed E-state index contributed by atoms with van der Waals surface area (Å²) in [6.45, 7) is 50.2. The Balaban J connectivity index is 3.11. The van der Waals surface area contributed by atoms with Crippen LogP contribution in [0, 0.1) is 0 Å². The molecule has 9 heteroatoms. The summed E-state index contributed by atoms with van der Waals surface area (Å²) in [5, 5.41) is 1.62. The topological polar surface area (TPSA) is 36.9 Å². The lowest BCUT2D eigenvalue weighted by molar-refractivity contribution is -0.0107. The summed E-state index contributed by atoms with van der Waals surface area (Å²) in [5.41, 5.74) is -0.515. The first-order chi connectivity index (χ1) is 24.0. The van der Waals surface area contributed by atoms with Crippen molar-refractivity contribution < 1.29 is 17.7 Å². The van der Waals surface area contributed by atoms with E-state index in [-0.39, 0.29) is 26.6 Å². The van der Waals surface area contributed by atoms with Crippen LogP contribution in [0.3, 0.4) is 0 Å². The minimum absolute atomic E-state index is 0.0213. The molecule has 0 fully saturated rings. The van der Waals surface area contributed by atoms with Gasteiger partial charge in [-0.3, -0.25) is 0 Å². The van der Waals surface area contributed by atoms with E-state index in [1.807, 2.05) is 0 Å². The monoisotopic (exact) mass is 817 g/mol. The zero-order valence-electron chi connectivity index (χ0n) is 38.5. The van der Waals surface area contributed by atoms with Crippen LogP contribution in [0.2, 0.25) is 75.5 Å². The fourth-order valence-corrected chi connectivity index (χ4v) is 26.1. The molecule has 0 aromatic heterocycles. The van der Waals surface area contributed by atoms with Crippen molar-refractivity contribution in [2.75, 3.05) is 0 Å². The van der Waals surface area contributed by atoms with Gasteiger partial charge < -0.3 is 17.7 Å². The Kier molecular flexibility index (Phi) is 15.6. The summed E-state index contributed by atoms with van der Waals surface area (Å²) >= 11 is 0. The van der Waals surface area contributed by atoms with Crippen molar-refractivity contribution in [2.45, 2.75) is 206 Å². The summed E-state index contributed by atoms with van der Waals surface area (Å²) < 4.78 is 31.0. The molecule has 2 rings (SSSR count). The van der Waals surface area contributed by atoms with Crippen LogP contribution < -0.4 is 10.4 Å². The molecule has 0 saturated heterocycles. The third-order valence-corrected chi connectivity index (χ3v) is 33.4. The molecule has 0 amide bonds. The fourth-order valence-electron chi connectivity index (χ4n) is 8.78. The highest BCUT2D eigenvalue weighted by molar-refractivity contribution is 7.00. The Hall–Kier alpha value is -0.636. The van der Waals surface area contributed by atoms with Crippen LogP contribution >= 0.6 is 0 Å². The average Bonchev–Trinajstić information content (AvgIpc) is 3.06. The van der Waals surface area contributed by atoms with Gasteiger partial charge in [0.25, 0.3) is 8.32 Å². The van der Waals surface area contributed by atoms with Gasteiger partial charge in [-0.15, -0.1) is 0 Å². The maximum absolute atomic E-state index is 8.43. The Morgan fingerprint density at radius 2 is 0.981 bits per heavy atom. The van der Waals surface area contributed by atoms with Gasteiger partial charge in [0, 0.05) is 15.3 Å². The van der Waals surface area contributed by atoms with Gasteiger partial charge in [-0.2, -0.15) is 0 Å². The molecule has 53 heavy (non-hydrogen) atoms. The maximum atomic E-state index is 8.43. The van der Waals surface area contributed by atoms with E-state index in [2.05, 4.69) is 202 Å². The molecule has 0 radical (unpaired) electrons. The third kappa shape index (κ3) is 9.40. The van der Waals surface area contributed by atoms with Gasteiger partial charge >= 0.3 is 0 Å². The molecule has 4 nitrogen and oxygen atoms in total. The summed E-state index contributed by atoms with van der Waals surface area (Å²) in [5.74, 6) is 0. The Bertz CT molecular complexity index is 1400. The second-order valence-electron chi connectivity index (χ2n) is 20.3. The van der Waals surface area contributed by atoms with E-state index in [1.165, 1.54) is 10.4 Å². The van der Waals surface area contributed by atoms with Crippen molar-refractivity contribution in [3.8, 4) is 0 Å². The van der Waals surface area contributed by atoms with Crippen molar-refractivity contribution in [2.24, 2.45) is 0 Å². The highest BCUT2D eigenvalue weighted by Gasteiger charge is 2.66. The lowest BCUT2D eigenvalue weighted by atomic mass is 9.85. The molecule has 0 saturated carbocycles. The predicted molar refractivity (Wildman–Crippen MR) is 247 cm³/mol. The lowest BCUT2D eigenvalue weighted by Crippen LogP contribution is -2.76. The Labute approximate surface area is 334 Å². The maximum Gasteiger partial charge on any atom is 0.264 e. The second-order valence-corrected chi connectivity index (χ2v) is 42.9. The zero-order valence-corrected chi connectivity index (χ0v) is 43.5. The first-order valence-electron chi connectivity index (χ1n) is 20.9. The van der Waals surface area contributed by atoms with Crippen molar-refractivity contribution in [3.05, 3.63) is 60.7 Å². The fraction of sp³-hybridized carbons (Fsp3) is 0.727. The van der Waals surface area contributed by atoms with E-state index in [0.717, 1.165) is 32.1 Å². The van der Waals surface area contributed by atoms with E-state index in [4.69, 9.17) is 17.7 Å². The van der Waals surface area contributed by atoms with Gasteiger partial charge in [-0.1, -0.05) is 129 Å². The molecule has 0 spiro atoms. The van der Waals surface area contributed by atoms with Crippen molar-refractivity contribution in [1.82, 2.24) is 0 Å². The largest absolute Gasteiger partial charge is 0.415 e. The van der Waals surface area contributed by atoms with Crippen LogP contribution in [0.15, 0.2) is 60.7 Å². The number of hydrogen-bond acceptors (Lipinski definition) is 4. The summed E-state index contributed by atoms with van der Waals surface area (Å²) in [6.07, 6.45) is 4.59. The van der Waals surface area contributed by atoms with E-state index in [0.29, 0.717) is 0 Å². The Morgan fingerprint density at radius 1 is 0.528 bits per heavy atom. The molecule has 0 aliphatic heterocycles. The molecule has 5 atom stereocenters. The highest BCUT2D eigenvalue weighted by Crippen LogP contribution is 2.58. The predicted octanol–water partition coefficient (Wildman–Crippen LogP) is 12.7. The standard InChI is InChI=1S/C44H84O4Si5/c1-22-39(41(8,23-2)51(18,19)46-40(6,7)49(12,13)14)45-53(37-33-29-27-30-34-37,38-35-31-28-32-36-38)43(10,25-4)42(9,24-3)47-52(20,21)44(11,26-5)48-50(15,16)17/h27-36,39H,22-26H2,1-21H3. The van der Waals surface area contributed by atoms with E-state index in [9.17, 15) is 0 Å². The van der Waals surface area contributed by atoms with Gasteiger partial charge in [-0.25, -0.2) is 0 Å². The zero-order chi connectivity index (χ0) is 41.2. The number of rotatable bonds is 21. The van der Waals surface area contributed by atoms with Gasteiger partial charge in [0.1, 0.15) is 0 Å². The van der Waals surface area contributed by atoms with Gasteiger partial charge in [-0.05, 0) is 116 Å². The minimum atomic E-state index is -3.22. The molecule has 0 heterocycles. The molecule has 0 aliphatic carbocycles. The van der Waals surface area contributed by atoms with Gasteiger partial charge in [0.15, 0.2) is 16.6 Å². The van der Waals surface area contributed by atoms with Gasteiger partial charge in [0.05, 0.1) is 25.0 Å². The Morgan fingerprint density at radius 3 is 1.30 bits per heavy atom. The molecule has 0 aliphatic rings. The first kappa shape index (κ1) is 48.5. The van der Waals surface area contributed by atoms with Crippen LogP contribution in [0.4, 0.5) is 0 Å². The quantitative estimate of drug-likeness (QED) is 0.118. The van der Waals surface area contributed by atoms with Crippen molar-refractivity contribution in [3.63, 3.8) is 0 Å². The van der Waals surface area contributed by atoms with E-state index < -0.39 is 46.9 Å². The van der Waals surface area contributed by atoms with Crippen LogP contribution in [0.5, 0.6) is 0 Å². The van der Waals surface area contributed by atoms with Crippen LogP contribution in [-0.4, -0.2) is 63.5 Å². The normalized spacial score (nSPS) is 19.1. The van der Waals surface area contributed by atoms with E-state index >= 15 is 0 Å². The van der Waals surface area contributed by atoms with Crippen LogP contribution in [0.1, 0.15) is 108 Å². The molecule has 5 unspecified atom stereocenters. The third-order valence-electron chi connectivity index (χ3n) is 14.5. The smallest absolute Gasteiger partial charge is 0.264 e. The number of hydrogen-bond donors (Lipinski definition) is 0. The van der Waals surface area contributed by atoms with Crippen LogP contribution in [0.25, 0.3) is 0 Å². The highest BCUT2D eigenvalue weighted by atomic mass is 28.4. The lowest BCUT2D eigenvalue weighted by Gasteiger charge is -2.61. The van der Waals surface area contributed by atoms with Gasteiger partial charge in [0.2, 0.25) is 8.32 Å².